The molecule has 0 heterocycles. The summed E-state index contributed by atoms with van der Waals surface area (Å²) in [5, 5.41) is 9.65. The highest BCUT2D eigenvalue weighted by Gasteiger charge is 2.24. The van der Waals surface area contributed by atoms with Gasteiger partial charge in [-0.05, 0) is 32.2 Å². The first kappa shape index (κ1) is 12.0. The molecular weight excluding hydrogens is 178 g/mol. The SMILES string of the molecule is CCOCC(O)CN(CC)CC1CC1. The second-order valence-corrected chi connectivity index (χ2v) is 4.11. The van der Waals surface area contributed by atoms with Gasteiger partial charge in [0.25, 0.3) is 0 Å². The van der Waals surface area contributed by atoms with Gasteiger partial charge in [0.2, 0.25) is 0 Å². The predicted molar refractivity (Wildman–Crippen MR) is 57.3 cm³/mol. The van der Waals surface area contributed by atoms with Crippen molar-refractivity contribution < 1.29 is 9.84 Å². The fourth-order valence-electron chi connectivity index (χ4n) is 1.60. The van der Waals surface area contributed by atoms with Gasteiger partial charge in [-0.3, -0.25) is 0 Å². The molecule has 1 aliphatic rings. The predicted octanol–water partition coefficient (Wildman–Crippen LogP) is 1.12. The summed E-state index contributed by atoms with van der Waals surface area (Å²) < 4.78 is 5.18. The van der Waals surface area contributed by atoms with E-state index >= 15 is 0 Å². The van der Waals surface area contributed by atoms with Crippen LogP contribution >= 0.6 is 0 Å². The van der Waals surface area contributed by atoms with Crippen LogP contribution in [0.1, 0.15) is 26.7 Å². The van der Waals surface area contributed by atoms with E-state index in [1.54, 1.807) is 0 Å². The summed E-state index contributed by atoms with van der Waals surface area (Å²) in [7, 11) is 0. The lowest BCUT2D eigenvalue weighted by Gasteiger charge is -2.23. The van der Waals surface area contributed by atoms with E-state index in [9.17, 15) is 5.11 Å². The molecule has 1 atom stereocenters. The Hall–Kier alpha value is -0.120. The minimum atomic E-state index is -0.325. The highest BCUT2D eigenvalue weighted by Crippen LogP contribution is 2.29. The maximum Gasteiger partial charge on any atom is 0.0900 e. The number of hydrogen-bond donors (Lipinski definition) is 1. The molecule has 0 aromatic carbocycles. The molecule has 0 saturated heterocycles. The van der Waals surface area contributed by atoms with Crippen molar-refractivity contribution >= 4 is 0 Å². The number of hydrogen-bond acceptors (Lipinski definition) is 3. The molecule has 0 aromatic rings. The topological polar surface area (TPSA) is 32.7 Å². The van der Waals surface area contributed by atoms with Crippen molar-refractivity contribution in [3.63, 3.8) is 0 Å². The molecule has 1 fully saturated rings. The van der Waals surface area contributed by atoms with Gasteiger partial charge < -0.3 is 14.7 Å². The normalized spacial score (nSPS) is 18.9. The Morgan fingerprint density at radius 1 is 1.43 bits per heavy atom. The summed E-state index contributed by atoms with van der Waals surface area (Å²) in [4.78, 5) is 2.32. The molecular formula is C11H23NO2. The minimum Gasteiger partial charge on any atom is -0.389 e. The smallest absolute Gasteiger partial charge is 0.0900 e. The van der Waals surface area contributed by atoms with Crippen LogP contribution < -0.4 is 0 Å². The number of aliphatic hydroxyl groups excluding tert-OH is 1. The zero-order valence-corrected chi connectivity index (χ0v) is 9.41. The zero-order chi connectivity index (χ0) is 10.4. The van der Waals surface area contributed by atoms with Crippen molar-refractivity contribution in [1.29, 1.82) is 0 Å². The lowest BCUT2D eigenvalue weighted by molar-refractivity contribution is 0.0212. The van der Waals surface area contributed by atoms with Crippen LogP contribution in [0.5, 0.6) is 0 Å². The van der Waals surface area contributed by atoms with Gasteiger partial charge in [0, 0.05) is 19.7 Å². The monoisotopic (exact) mass is 201 g/mol. The van der Waals surface area contributed by atoms with Gasteiger partial charge in [-0.2, -0.15) is 0 Å². The number of ether oxygens (including phenoxy) is 1. The summed E-state index contributed by atoms with van der Waals surface area (Å²) in [6.07, 6.45) is 2.42. The van der Waals surface area contributed by atoms with Crippen LogP contribution in [0, 0.1) is 5.92 Å². The third-order valence-corrected chi connectivity index (χ3v) is 2.64. The highest BCUT2D eigenvalue weighted by atomic mass is 16.5. The van der Waals surface area contributed by atoms with Gasteiger partial charge in [-0.25, -0.2) is 0 Å². The molecule has 3 nitrogen and oxygen atoms in total. The Morgan fingerprint density at radius 2 is 2.14 bits per heavy atom. The Morgan fingerprint density at radius 3 is 2.64 bits per heavy atom. The summed E-state index contributed by atoms with van der Waals surface area (Å²) >= 11 is 0. The fraction of sp³-hybridized carbons (Fsp3) is 1.00. The van der Waals surface area contributed by atoms with Gasteiger partial charge in [0.1, 0.15) is 0 Å². The van der Waals surface area contributed by atoms with Crippen LogP contribution in [0.15, 0.2) is 0 Å². The molecule has 14 heavy (non-hydrogen) atoms. The van der Waals surface area contributed by atoms with E-state index in [0.29, 0.717) is 13.2 Å². The quantitative estimate of drug-likeness (QED) is 0.638. The molecule has 0 radical (unpaired) electrons. The maximum atomic E-state index is 9.65. The van der Waals surface area contributed by atoms with Crippen molar-refractivity contribution in [2.75, 3.05) is 32.8 Å². The summed E-state index contributed by atoms with van der Waals surface area (Å²) in [6, 6.07) is 0. The van der Waals surface area contributed by atoms with E-state index in [1.807, 2.05) is 6.92 Å². The van der Waals surface area contributed by atoms with Crippen LogP contribution in [-0.2, 0) is 4.74 Å². The zero-order valence-electron chi connectivity index (χ0n) is 9.41. The summed E-state index contributed by atoms with van der Waals surface area (Å²) in [6.45, 7) is 8.19. The standard InChI is InChI=1S/C11H23NO2/c1-3-12(7-10-5-6-10)8-11(13)9-14-4-2/h10-11,13H,3-9H2,1-2H3. The number of aliphatic hydroxyl groups is 1. The van der Waals surface area contributed by atoms with E-state index in [0.717, 1.165) is 25.6 Å². The number of nitrogens with zero attached hydrogens (tertiary/aromatic N) is 1. The molecule has 0 spiro atoms. The maximum absolute atomic E-state index is 9.65. The van der Waals surface area contributed by atoms with Crippen molar-refractivity contribution in [3.05, 3.63) is 0 Å². The molecule has 0 aliphatic heterocycles. The largest absolute Gasteiger partial charge is 0.389 e. The minimum absolute atomic E-state index is 0.325. The van der Waals surface area contributed by atoms with Gasteiger partial charge >= 0.3 is 0 Å². The van der Waals surface area contributed by atoms with Crippen LogP contribution in [0.4, 0.5) is 0 Å². The van der Waals surface area contributed by atoms with Crippen LogP contribution in [0.3, 0.4) is 0 Å². The van der Waals surface area contributed by atoms with Crippen molar-refractivity contribution in [2.45, 2.75) is 32.8 Å². The molecule has 1 aliphatic carbocycles. The summed E-state index contributed by atoms with van der Waals surface area (Å²) in [5.41, 5.74) is 0. The third kappa shape index (κ3) is 4.94. The fourth-order valence-corrected chi connectivity index (χ4v) is 1.60. The Balaban J connectivity index is 2.10. The number of rotatable bonds is 8. The Bertz CT molecular complexity index is 148. The molecule has 1 unspecified atom stereocenters. The van der Waals surface area contributed by atoms with E-state index < -0.39 is 0 Å². The van der Waals surface area contributed by atoms with Gasteiger partial charge in [0.05, 0.1) is 12.7 Å². The van der Waals surface area contributed by atoms with E-state index in [1.165, 1.54) is 12.8 Å². The van der Waals surface area contributed by atoms with Gasteiger partial charge in [-0.15, -0.1) is 0 Å². The van der Waals surface area contributed by atoms with Crippen LogP contribution in [-0.4, -0.2) is 49.0 Å². The van der Waals surface area contributed by atoms with Gasteiger partial charge in [-0.1, -0.05) is 6.92 Å². The van der Waals surface area contributed by atoms with E-state index in [-0.39, 0.29) is 6.10 Å². The van der Waals surface area contributed by atoms with E-state index in [2.05, 4.69) is 11.8 Å². The highest BCUT2D eigenvalue weighted by molar-refractivity contribution is 4.77. The Kier molecular flexibility index (Phi) is 5.45. The first-order valence-corrected chi connectivity index (χ1v) is 5.74. The molecule has 0 amide bonds. The Labute approximate surface area is 87.1 Å². The molecule has 84 valence electrons. The van der Waals surface area contributed by atoms with Crippen LogP contribution in [0.2, 0.25) is 0 Å². The summed E-state index contributed by atoms with van der Waals surface area (Å²) in [5.74, 6) is 0.897. The number of likely N-dealkylation sites (N-methyl/N-ethyl adjacent to an activating group) is 1. The van der Waals surface area contributed by atoms with E-state index in [4.69, 9.17) is 4.74 Å². The van der Waals surface area contributed by atoms with Crippen molar-refractivity contribution in [2.24, 2.45) is 5.92 Å². The van der Waals surface area contributed by atoms with Crippen LogP contribution in [0.25, 0.3) is 0 Å². The lowest BCUT2D eigenvalue weighted by atomic mass is 10.3. The van der Waals surface area contributed by atoms with Crippen molar-refractivity contribution in [3.8, 4) is 0 Å². The lowest BCUT2D eigenvalue weighted by Crippen LogP contribution is -2.36. The molecule has 1 rings (SSSR count). The second kappa shape index (κ2) is 6.38. The first-order valence-electron chi connectivity index (χ1n) is 5.74. The van der Waals surface area contributed by atoms with Crippen molar-refractivity contribution in [1.82, 2.24) is 4.90 Å². The second-order valence-electron chi connectivity index (χ2n) is 4.11. The molecule has 3 heteroatoms. The molecule has 1 N–H and O–H groups in total. The molecule has 0 aromatic heterocycles. The van der Waals surface area contributed by atoms with Gasteiger partial charge in [0.15, 0.2) is 0 Å². The average molecular weight is 201 g/mol. The average Bonchev–Trinajstić information content (AvgIpc) is 2.97. The third-order valence-electron chi connectivity index (χ3n) is 2.64. The molecule has 1 saturated carbocycles. The molecule has 0 bridgehead atoms. The first-order chi connectivity index (χ1) is 6.76.